The molecule has 0 heterocycles. The molecule has 0 fully saturated rings. The van der Waals surface area contributed by atoms with Gasteiger partial charge < -0.3 is 0 Å². The molecule has 2 heteroatoms. The maximum atomic E-state index is 11.8. The van der Waals surface area contributed by atoms with Crippen LogP contribution >= 0.6 is 6.89 Å². The van der Waals surface area contributed by atoms with E-state index in [1.54, 1.807) is 12.2 Å². The summed E-state index contributed by atoms with van der Waals surface area (Å²) in [6, 6.07) is 32.1. The largest absolute Gasteiger partial charge is 0.290 e. The van der Waals surface area contributed by atoms with Crippen molar-refractivity contribution in [3.8, 4) is 0 Å². The molecule has 0 unspecified atom stereocenters. The normalized spacial score (nSPS) is 13.8. The van der Waals surface area contributed by atoms with Crippen molar-refractivity contribution in [1.29, 1.82) is 0 Å². The molecule has 1 aliphatic carbocycles. The van der Waals surface area contributed by atoms with Gasteiger partial charge in [0.15, 0.2) is 5.78 Å². The van der Waals surface area contributed by atoms with Crippen LogP contribution in [0, 0.1) is 0 Å². The minimum absolute atomic E-state index is 0.0534. The molecule has 0 aromatic heterocycles. The molecule has 1 aliphatic rings. The number of benzene rings is 3. The van der Waals surface area contributed by atoms with E-state index in [0.29, 0.717) is 0 Å². The van der Waals surface area contributed by atoms with Gasteiger partial charge in [-0.1, -0.05) is 103 Å². The van der Waals surface area contributed by atoms with Crippen LogP contribution in [0.5, 0.6) is 0 Å². The zero-order chi connectivity index (χ0) is 18.5. The highest BCUT2D eigenvalue weighted by atomic mass is 31.2. The fourth-order valence-electron chi connectivity index (χ4n) is 3.64. The van der Waals surface area contributed by atoms with Gasteiger partial charge in [0.05, 0.1) is 0 Å². The van der Waals surface area contributed by atoms with Gasteiger partial charge in [-0.25, -0.2) is 0 Å². The minimum Gasteiger partial charge on any atom is -0.290 e. The lowest BCUT2D eigenvalue weighted by atomic mass is 10.2. The third kappa shape index (κ3) is 3.52. The van der Waals surface area contributed by atoms with Crippen molar-refractivity contribution in [3.05, 3.63) is 121 Å². The van der Waals surface area contributed by atoms with Crippen LogP contribution in [-0.4, -0.2) is 11.1 Å². The van der Waals surface area contributed by atoms with E-state index in [2.05, 4.69) is 91.0 Å². The summed E-state index contributed by atoms with van der Waals surface area (Å²) in [5, 5.41) is 3.90. The Hall–Kier alpha value is -2.89. The van der Waals surface area contributed by atoms with Gasteiger partial charge in [-0.3, -0.25) is 4.79 Å². The molecule has 3 aromatic rings. The Bertz CT molecular complexity index is 984. The molecule has 0 saturated carbocycles. The molecule has 0 spiro atoms. The van der Waals surface area contributed by atoms with Crippen LogP contribution in [0.15, 0.2) is 115 Å². The molecule has 0 amide bonds. The smallest absolute Gasteiger partial charge is 0.178 e. The second kappa shape index (κ2) is 7.78. The van der Waals surface area contributed by atoms with E-state index in [-0.39, 0.29) is 5.78 Å². The van der Waals surface area contributed by atoms with Gasteiger partial charge in [-0.15, -0.1) is 0 Å². The van der Waals surface area contributed by atoms with E-state index in [4.69, 9.17) is 0 Å². The van der Waals surface area contributed by atoms with Gasteiger partial charge in [0.1, 0.15) is 0 Å². The molecule has 0 aliphatic heterocycles. The van der Waals surface area contributed by atoms with Crippen LogP contribution in [0.2, 0.25) is 0 Å². The second-order valence-corrected chi connectivity index (χ2v) is 10.1. The molecular weight excluding hydrogens is 347 g/mol. The Balaban J connectivity index is 2.07. The fourth-order valence-corrected chi connectivity index (χ4v) is 7.86. The van der Waals surface area contributed by atoms with Crippen molar-refractivity contribution in [2.75, 3.05) is 0 Å². The summed E-state index contributed by atoms with van der Waals surface area (Å²) in [4.78, 5) is 11.8. The van der Waals surface area contributed by atoms with Crippen molar-refractivity contribution < 1.29 is 4.79 Å². The number of hydrogen-bond donors (Lipinski definition) is 0. The Morgan fingerprint density at radius 3 is 1.48 bits per heavy atom. The molecule has 0 N–H and O–H groups in total. The predicted octanol–water partition coefficient (Wildman–Crippen LogP) is 4.72. The Morgan fingerprint density at radius 2 is 1.00 bits per heavy atom. The zero-order valence-electron chi connectivity index (χ0n) is 15.0. The number of carbonyl (C=O) groups excluding carboxylic acids is 1. The molecule has 0 bridgehead atoms. The van der Waals surface area contributed by atoms with E-state index in [9.17, 15) is 4.79 Å². The van der Waals surface area contributed by atoms with E-state index in [1.807, 2.05) is 12.2 Å². The molecular formula is C25H21OP. The van der Waals surface area contributed by atoms with E-state index in [0.717, 1.165) is 6.16 Å². The van der Waals surface area contributed by atoms with E-state index < -0.39 is 6.89 Å². The number of rotatable bonds is 4. The Labute approximate surface area is 160 Å². The van der Waals surface area contributed by atoms with Crippen molar-refractivity contribution in [3.63, 3.8) is 0 Å². The summed E-state index contributed by atoms with van der Waals surface area (Å²) < 4.78 is 0. The minimum atomic E-state index is -1.93. The molecule has 3 aromatic carbocycles. The van der Waals surface area contributed by atoms with Crippen molar-refractivity contribution in [1.82, 2.24) is 0 Å². The third-order valence-electron chi connectivity index (χ3n) is 4.93. The lowest BCUT2D eigenvalue weighted by Crippen LogP contribution is -2.23. The topological polar surface area (TPSA) is 17.1 Å². The third-order valence-corrected chi connectivity index (χ3v) is 9.31. The average Bonchev–Trinajstić information content (AvgIpc) is 2.75. The Morgan fingerprint density at radius 1 is 0.556 bits per heavy atom. The first-order chi connectivity index (χ1) is 13.3. The molecule has 0 atom stereocenters. The number of carbonyl (C=O) groups is 1. The SMILES string of the molecule is O=C1C=CC(=P(Cc2ccccc2)(c2ccccc2)c2ccccc2)C=C1. The standard InChI is InChI=1S/C25H21OP/c26-22-16-18-25(19-17-22)27(23-12-6-2-7-13-23,24-14-8-3-9-15-24)20-21-10-4-1-5-11-21/h1-19H,20H2. The molecule has 132 valence electrons. The highest BCUT2D eigenvalue weighted by Crippen LogP contribution is 2.51. The van der Waals surface area contributed by atoms with Crippen molar-refractivity contribution in [2.24, 2.45) is 0 Å². The number of hydrogen-bond acceptors (Lipinski definition) is 1. The summed E-state index contributed by atoms with van der Waals surface area (Å²) in [5.41, 5.74) is 1.31. The second-order valence-electron chi connectivity index (χ2n) is 6.62. The quantitative estimate of drug-likeness (QED) is 0.609. The van der Waals surface area contributed by atoms with Crippen LogP contribution in [-0.2, 0) is 11.0 Å². The van der Waals surface area contributed by atoms with Gasteiger partial charge in [0.25, 0.3) is 0 Å². The zero-order valence-corrected chi connectivity index (χ0v) is 15.9. The van der Waals surface area contributed by atoms with E-state index in [1.165, 1.54) is 21.5 Å². The summed E-state index contributed by atoms with van der Waals surface area (Å²) in [6.45, 7) is -1.93. The number of ketones is 1. The Kier molecular flexibility index (Phi) is 5.05. The highest BCUT2D eigenvalue weighted by Gasteiger charge is 2.27. The summed E-state index contributed by atoms with van der Waals surface area (Å²) in [6.07, 6.45) is 8.38. The van der Waals surface area contributed by atoms with Crippen LogP contribution in [0.3, 0.4) is 0 Å². The van der Waals surface area contributed by atoms with Crippen LogP contribution in [0.25, 0.3) is 0 Å². The molecule has 1 nitrogen and oxygen atoms in total. The molecule has 27 heavy (non-hydrogen) atoms. The first-order valence-corrected chi connectivity index (χ1v) is 11.1. The van der Waals surface area contributed by atoms with Crippen molar-refractivity contribution in [2.45, 2.75) is 6.16 Å². The molecule has 0 saturated heterocycles. The van der Waals surface area contributed by atoms with Gasteiger partial charge >= 0.3 is 0 Å². The van der Waals surface area contributed by atoms with Gasteiger partial charge in [0, 0.05) is 6.16 Å². The van der Waals surface area contributed by atoms with Crippen LogP contribution in [0.4, 0.5) is 0 Å². The maximum absolute atomic E-state index is 11.8. The van der Waals surface area contributed by atoms with E-state index >= 15 is 0 Å². The van der Waals surface area contributed by atoms with Crippen molar-refractivity contribution >= 4 is 28.6 Å². The summed E-state index contributed by atoms with van der Waals surface area (Å²) in [5.74, 6) is 0.0534. The summed E-state index contributed by atoms with van der Waals surface area (Å²) in [7, 11) is 0. The lowest BCUT2D eigenvalue weighted by molar-refractivity contribution is -0.110. The average molecular weight is 368 g/mol. The van der Waals surface area contributed by atoms with Gasteiger partial charge in [-0.05, 0) is 40.5 Å². The van der Waals surface area contributed by atoms with Gasteiger partial charge in [0.2, 0.25) is 0 Å². The van der Waals surface area contributed by atoms with Crippen LogP contribution in [0.1, 0.15) is 5.56 Å². The molecule has 0 radical (unpaired) electrons. The maximum Gasteiger partial charge on any atom is 0.178 e. The predicted molar refractivity (Wildman–Crippen MR) is 118 cm³/mol. The molecule has 4 rings (SSSR count). The van der Waals surface area contributed by atoms with Gasteiger partial charge in [-0.2, -0.15) is 0 Å². The number of allylic oxidation sites excluding steroid dienone is 4. The fraction of sp³-hybridized carbons (Fsp3) is 0.0400. The van der Waals surface area contributed by atoms with Crippen LogP contribution < -0.4 is 10.6 Å². The monoisotopic (exact) mass is 368 g/mol. The highest BCUT2D eigenvalue weighted by molar-refractivity contribution is 7.89. The summed E-state index contributed by atoms with van der Waals surface area (Å²) >= 11 is 0. The first-order valence-electron chi connectivity index (χ1n) is 9.10. The first kappa shape index (κ1) is 17.5. The lowest BCUT2D eigenvalue weighted by Gasteiger charge is -2.31.